The van der Waals surface area contributed by atoms with Crippen LogP contribution in [0.5, 0.6) is 0 Å². The van der Waals surface area contributed by atoms with Crippen molar-refractivity contribution in [3.8, 4) is 0 Å². The number of amidine groups is 1. The highest BCUT2D eigenvalue weighted by Crippen LogP contribution is 2.26. The van der Waals surface area contributed by atoms with E-state index < -0.39 is 0 Å². The fourth-order valence-corrected chi connectivity index (χ4v) is 1.87. The predicted molar refractivity (Wildman–Crippen MR) is 83.8 cm³/mol. The summed E-state index contributed by atoms with van der Waals surface area (Å²) < 4.78 is 0. The summed E-state index contributed by atoms with van der Waals surface area (Å²) in [6, 6.07) is 10.2. The summed E-state index contributed by atoms with van der Waals surface area (Å²) in [5.74, 6) is 0.774. The maximum Gasteiger partial charge on any atom is 0.141 e. The molecular formula is C16H27N3O. The number of oxime groups is 1. The van der Waals surface area contributed by atoms with Crippen molar-refractivity contribution in [2.75, 3.05) is 6.54 Å². The summed E-state index contributed by atoms with van der Waals surface area (Å²) in [4.78, 5) is 0. The smallest absolute Gasteiger partial charge is 0.141 e. The van der Waals surface area contributed by atoms with Gasteiger partial charge in [-0.2, -0.15) is 0 Å². The molecule has 1 aromatic rings. The van der Waals surface area contributed by atoms with Crippen molar-refractivity contribution in [1.82, 2.24) is 5.32 Å². The van der Waals surface area contributed by atoms with Gasteiger partial charge in [-0.3, -0.25) is 0 Å². The maximum atomic E-state index is 8.77. The Morgan fingerprint density at radius 1 is 1.30 bits per heavy atom. The lowest BCUT2D eigenvalue weighted by Gasteiger charge is -2.29. The molecule has 112 valence electrons. The lowest BCUT2D eigenvalue weighted by molar-refractivity contribution is 0.245. The summed E-state index contributed by atoms with van der Waals surface area (Å²) in [7, 11) is 0. The molecule has 0 radical (unpaired) electrons. The molecule has 0 bridgehead atoms. The van der Waals surface area contributed by atoms with Gasteiger partial charge in [0, 0.05) is 12.5 Å². The molecule has 0 heterocycles. The highest BCUT2D eigenvalue weighted by atomic mass is 16.4. The molecule has 0 spiro atoms. The van der Waals surface area contributed by atoms with Crippen LogP contribution in [-0.2, 0) is 0 Å². The Hall–Kier alpha value is -1.55. The first-order valence-corrected chi connectivity index (χ1v) is 7.09. The Balaban J connectivity index is 2.74. The summed E-state index contributed by atoms with van der Waals surface area (Å²) >= 11 is 0. The van der Waals surface area contributed by atoms with Crippen molar-refractivity contribution in [3.63, 3.8) is 0 Å². The van der Waals surface area contributed by atoms with Crippen LogP contribution in [0.3, 0.4) is 0 Å². The van der Waals surface area contributed by atoms with Gasteiger partial charge in [0.05, 0.1) is 0 Å². The van der Waals surface area contributed by atoms with Crippen LogP contribution in [-0.4, -0.2) is 17.6 Å². The van der Waals surface area contributed by atoms with Gasteiger partial charge >= 0.3 is 0 Å². The molecule has 0 fully saturated rings. The van der Waals surface area contributed by atoms with Gasteiger partial charge in [0.1, 0.15) is 5.84 Å². The molecule has 0 aliphatic heterocycles. The molecule has 1 rings (SSSR count). The summed E-state index contributed by atoms with van der Waals surface area (Å²) in [5, 5.41) is 15.4. The minimum atomic E-state index is 0.0666. The van der Waals surface area contributed by atoms with Crippen LogP contribution in [0.15, 0.2) is 35.5 Å². The zero-order chi connectivity index (χ0) is 15.2. The molecule has 0 aromatic heterocycles. The third-order valence-corrected chi connectivity index (χ3v) is 3.89. The average Bonchev–Trinajstić information content (AvgIpc) is 2.42. The summed E-state index contributed by atoms with van der Waals surface area (Å²) in [6.07, 6.45) is 0.497. The first-order valence-electron chi connectivity index (χ1n) is 7.09. The second-order valence-electron chi connectivity index (χ2n) is 6.43. The van der Waals surface area contributed by atoms with Crippen molar-refractivity contribution >= 4 is 5.84 Å². The monoisotopic (exact) mass is 277 g/mol. The molecule has 4 N–H and O–H groups in total. The fourth-order valence-electron chi connectivity index (χ4n) is 1.87. The standard InChI is InChI=1S/C16H27N3O/c1-12(16(2,3)4)11-18-14(10-15(17)19-20)13-8-6-5-7-9-13/h5-9,12,14,18,20H,10-11H2,1-4H3,(H2,17,19). The van der Waals surface area contributed by atoms with Crippen LogP contribution in [0.1, 0.15) is 45.7 Å². The second-order valence-corrected chi connectivity index (χ2v) is 6.43. The van der Waals surface area contributed by atoms with Crippen LogP contribution in [0.2, 0.25) is 0 Å². The highest BCUT2D eigenvalue weighted by Gasteiger charge is 2.21. The van der Waals surface area contributed by atoms with Gasteiger partial charge in [-0.1, -0.05) is 63.2 Å². The van der Waals surface area contributed by atoms with E-state index in [1.807, 2.05) is 18.2 Å². The van der Waals surface area contributed by atoms with E-state index in [9.17, 15) is 0 Å². The Morgan fingerprint density at radius 2 is 1.90 bits per heavy atom. The first kappa shape index (κ1) is 16.5. The van der Waals surface area contributed by atoms with Crippen molar-refractivity contribution in [2.45, 2.75) is 40.2 Å². The van der Waals surface area contributed by atoms with Crippen molar-refractivity contribution in [1.29, 1.82) is 0 Å². The topological polar surface area (TPSA) is 70.6 Å². The number of nitrogens with one attached hydrogen (secondary N) is 1. The molecular weight excluding hydrogens is 250 g/mol. The Kier molecular flexibility index (Phi) is 6.02. The lowest BCUT2D eigenvalue weighted by Crippen LogP contribution is -2.34. The van der Waals surface area contributed by atoms with E-state index in [1.165, 1.54) is 0 Å². The van der Waals surface area contributed by atoms with Gasteiger partial charge < -0.3 is 16.3 Å². The summed E-state index contributed by atoms with van der Waals surface area (Å²) in [6.45, 7) is 9.83. The maximum absolute atomic E-state index is 8.77. The minimum Gasteiger partial charge on any atom is -0.409 e. The SMILES string of the molecule is CC(CNC(C/C(N)=N/O)c1ccccc1)C(C)(C)C. The summed E-state index contributed by atoms with van der Waals surface area (Å²) in [5.41, 5.74) is 7.07. The third-order valence-electron chi connectivity index (χ3n) is 3.89. The van der Waals surface area contributed by atoms with E-state index >= 15 is 0 Å². The lowest BCUT2D eigenvalue weighted by atomic mass is 9.82. The number of rotatable bonds is 6. The third kappa shape index (κ3) is 5.21. The molecule has 0 amide bonds. The molecule has 1 aromatic carbocycles. The van der Waals surface area contributed by atoms with E-state index in [-0.39, 0.29) is 17.3 Å². The van der Waals surface area contributed by atoms with E-state index in [1.54, 1.807) is 0 Å². The van der Waals surface area contributed by atoms with Crippen molar-refractivity contribution in [2.24, 2.45) is 22.2 Å². The molecule has 4 heteroatoms. The predicted octanol–water partition coefficient (Wildman–Crippen LogP) is 3.14. The van der Waals surface area contributed by atoms with E-state index in [0.717, 1.165) is 12.1 Å². The largest absolute Gasteiger partial charge is 0.409 e. The van der Waals surface area contributed by atoms with Crippen LogP contribution in [0, 0.1) is 11.3 Å². The molecule has 0 aliphatic rings. The van der Waals surface area contributed by atoms with Gasteiger partial charge in [0.15, 0.2) is 0 Å². The number of benzene rings is 1. The van der Waals surface area contributed by atoms with E-state index in [0.29, 0.717) is 12.3 Å². The second kappa shape index (κ2) is 7.29. The molecule has 20 heavy (non-hydrogen) atoms. The number of nitrogens with zero attached hydrogens (tertiary/aromatic N) is 1. The van der Waals surface area contributed by atoms with Crippen LogP contribution in [0.4, 0.5) is 0 Å². The first-order chi connectivity index (χ1) is 9.34. The van der Waals surface area contributed by atoms with Gasteiger partial charge in [0.25, 0.3) is 0 Å². The van der Waals surface area contributed by atoms with Crippen molar-refractivity contribution in [3.05, 3.63) is 35.9 Å². The van der Waals surface area contributed by atoms with Gasteiger partial charge in [-0.25, -0.2) is 0 Å². The van der Waals surface area contributed by atoms with Gasteiger partial charge in [-0.15, -0.1) is 0 Å². The van der Waals surface area contributed by atoms with Crippen LogP contribution < -0.4 is 11.1 Å². The Morgan fingerprint density at radius 3 is 2.40 bits per heavy atom. The molecule has 0 saturated carbocycles. The molecule has 2 unspecified atom stereocenters. The van der Waals surface area contributed by atoms with E-state index in [4.69, 9.17) is 10.9 Å². The number of hydrogen-bond acceptors (Lipinski definition) is 3. The molecule has 4 nitrogen and oxygen atoms in total. The number of nitrogens with two attached hydrogens (primary N) is 1. The fraction of sp³-hybridized carbons (Fsp3) is 0.562. The molecule has 0 aliphatic carbocycles. The minimum absolute atomic E-state index is 0.0666. The van der Waals surface area contributed by atoms with Gasteiger partial charge in [-0.05, 0) is 23.4 Å². The quantitative estimate of drug-likeness (QED) is 0.324. The molecule has 0 saturated heterocycles. The molecule has 2 atom stereocenters. The zero-order valence-electron chi connectivity index (χ0n) is 12.9. The Labute approximate surface area is 122 Å². The van der Waals surface area contributed by atoms with Gasteiger partial charge in [0.2, 0.25) is 0 Å². The zero-order valence-corrected chi connectivity index (χ0v) is 12.9. The normalized spacial score (nSPS) is 15.9. The van der Waals surface area contributed by atoms with Crippen molar-refractivity contribution < 1.29 is 5.21 Å². The Bertz CT molecular complexity index is 423. The highest BCUT2D eigenvalue weighted by molar-refractivity contribution is 5.80. The van der Waals surface area contributed by atoms with E-state index in [2.05, 4.69) is 50.3 Å². The average molecular weight is 277 g/mol. The number of hydrogen-bond donors (Lipinski definition) is 3. The van der Waals surface area contributed by atoms with Crippen LogP contribution in [0.25, 0.3) is 0 Å². The van der Waals surface area contributed by atoms with Crippen LogP contribution >= 0.6 is 0 Å².